The summed E-state index contributed by atoms with van der Waals surface area (Å²) in [4.78, 5) is 18.9. The lowest BCUT2D eigenvalue weighted by Gasteiger charge is -2.23. The third kappa shape index (κ3) is 2.89. The van der Waals surface area contributed by atoms with Crippen molar-refractivity contribution in [3.63, 3.8) is 0 Å². The zero-order valence-corrected chi connectivity index (χ0v) is 11.5. The molecule has 2 heterocycles. The SMILES string of the molecule is CC(C)N(C)c1ccc2c(n1)OCCN(C(=O)O)C2. The van der Waals surface area contributed by atoms with Crippen LogP contribution in [-0.2, 0) is 6.54 Å². The van der Waals surface area contributed by atoms with E-state index < -0.39 is 6.09 Å². The smallest absolute Gasteiger partial charge is 0.407 e. The van der Waals surface area contributed by atoms with Crippen LogP contribution >= 0.6 is 0 Å². The molecule has 0 fully saturated rings. The van der Waals surface area contributed by atoms with E-state index in [1.807, 2.05) is 24.1 Å². The summed E-state index contributed by atoms with van der Waals surface area (Å²) in [5.41, 5.74) is 0.806. The highest BCUT2D eigenvalue weighted by molar-refractivity contribution is 5.65. The number of amides is 1. The van der Waals surface area contributed by atoms with Crippen LogP contribution in [0.2, 0.25) is 0 Å². The van der Waals surface area contributed by atoms with Crippen molar-refractivity contribution >= 4 is 11.9 Å². The van der Waals surface area contributed by atoms with E-state index in [2.05, 4.69) is 18.8 Å². The number of ether oxygens (including phenoxy) is 1. The van der Waals surface area contributed by atoms with Gasteiger partial charge in [0.25, 0.3) is 0 Å². The monoisotopic (exact) mass is 265 g/mol. The number of hydrogen-bond acceptors (Lipinski definition) is 4. The molecule has 0 spiro atoms. The van der Waals surface area contributed by atoms with Crippen LogP contribution in [0.4, 0.5) is 10.6 Å². The van der Waals surface area contributed by atoms with Crippen molar-refractivity contribution in [1.29, 1.82) is 0 Å². The van der Waals surface area contributed by atoms with E-state index in [1.54, 1.807) is 0 Å². The number of anilines is 1. The Bertz CT molecular complexity index is 476. The zero-order valence-electron chi connectivity index (χ0n) is 11.5. The minimum Gasteiger partial charge on any atom is -0.475 e. The van der Waals surface area contributed by atoms with E-state index in [4.69, 9.17) is 9.84 Å². The van der Waals surface area contributed by atoms with Crippen LogP contribution in [0.3, 0.4) is 0 Å². The van der Waals surface area contributed by atoms with E-state index in [0.717, 1.165) is 11.4 Å². The van der Waals surface area contributed by atoms with Gasteiger partial charge in [0, 0.05) is 18.7 Å². The topological polar surface area (TPSA) is 65.9 Å². The Hall–Kier alpha value is -1.98. The highest BCUT2D eigenvalue weighted by Gasteiger charge is 2.21. The number of pyridine rings is 1. The molecule has 1 amide bonds. The van der Waals surface area contributed by atoms with Gasteiger partial charge >= 0.3 is 6.09 Å². The van der Waals surface area contributed by atoms with Gasteiger partial charge < -0.3 is 19.6 Å². The summed E-state index contributed by atoms with van der Waals surface area (Å²) in [6.45, 7) is 5.19. The number of carbonyl (C=O) groups is 1. The van der Waals surface area contributed by atoms with Crippen molar-refractivity contribution in [1.82, 2.24) is 9.88 Å². The first kappa shape index (κ1) is 13.5. The Morgan fingerprint density at radius 2 is 2.26 bits per heavy atom. The highest BCUT2D eigenvalue weighted by atomic mass is 16.5. The Balaban J connectivity index is 2.26. The van der Waals surface area contributed by atoms with Crippen LogP contribution < -0.4 is 9.64 Å². The molecule has 2 rings (SSSR count). The van der Waals surface area contributed by atoms with Gasteiger partial charge in [-0.3, -0.25) is 0 Å². The fraction of sp³-hybridized carbons (Fsp3) is 0.538. The average molecular weight is 265 g/mol. The van der Waals surface area contributed by atoms with Gasteiger partial charge in [-0.1, -0.05) is 0 Å². The first-order valence-corrected chi connectivity index (χ1v) is 6.32. The molecule has 104 valence electrons. The molecular formula is C13H19N3O3. The molecule has 0 bridgehead atoms. The fourth-order valence-electron chi connectivity index (χ4n) is 1.87. The quantitative estimate of drug-likeness (QED) is 0.883. The van der Waals surface area contributed by atoms with Gasteiger partial charge in [-0.2, -0.15) is 4.98 Å². The number of rotatable bonds is 2. The molecule has 0 unspecified atom stereocenters. The third-order valence-corrected chi connectivity index (χ3v) is 3.29. The number of carboxylic acid groups (broad SMARTS) is 1. The van der Waals surface area contributed by atoms with Crippen LogP contribution in [0.1, 0.15) is 19.4 Å². The van der Waals surface area contributed by atoms with Gasteiger partial charge in [0.1, 0.15) is 12.4 Å². The minimum atomic E-state index is -0.931. The Morgan fingerprint density at radius 1 is 1.53 bits per heavy atom. The van der Waals surface area contributed by atoms with Crippen LogP contribution in [0, 0.1) is 0 Å². The number of aromatic nitrogens is 1. The maximum atomic E-state index is 11.0. The highest BCUT2D eigenvalue weighted by Crippen LogP contribution is 2.25. The molecular weight excluding hydrogens is 246 g/mol. The summed E-state index contributed by atoms with van der Waals surface area (Å²) in [5, 5.41) is 9.05. The number of nitrogens with zero attached hydrogens (tertiary/aromatic N) is 3. The summed E-state index contributed by atoms with van der Waals surface area (Å²) >= 11 is 0. The second-order valence-corrected chi connectivity index (χ2v) is 4.89. The number of fused-ring (bicyclic) bond motifs is 1. The average Bonchev–Trinajstić information content (AvgIpc) is 2.58. The summed E-state index contributed by atoms with van der Waals surface area (Å²) in [6.07, 6.45) is -0.931. The zero-order chi connectivity index (χ0) is 14.0. The van der Waals surface area contributed by atoms with Crippen LogP contribution in [0.15, 0.2) is 12.1 Å². The van der Waals surface area contributed by atoms with E-state index in [1.165, 1.54) is 4.90 Å². The maximum Gasteiger partial charge on any atom is 0.407 e. The van der Waals surface area contributed by atoms with Crippen LogP contribution in [-0.4, -0.2) is 47.3 Å². The summed E-state index contributed by atoms with van der Waals surface area (Å²) in [5.74, 6) is 1.37. The van der Waals surface area contributed by atoms with E-state index in [0.29, 0.717) is 31.6 Å². The first-order valence-electron chi connectivity index (χ1n) is 6.32. The van der Waals surface area contributed by atoms with Gasteiger partial charge in [-0.15, -0.1) is 0 Å². The van der Waals surface area contributed by atoms with Crippen molar-refractivity contribution < 1.29 is 14.6 Å². The van der Waals surface area contributed by atoms with Gasteiger partial charge in [0.15, 0.2) is 0 Å². The van der Waals surface area contributed by atoms with Crippen molar-refractivity contribution in [2.45, 2.75) is 26.4 Å². The van der Waals surface area contributed by atoms with Crippen molar-refractivity contribution in [3.05, 3.63) is 17.7 Å². The normalized spacial score (nSPS) is 14.6. The van der Waals surface area contributed by atoms with Crippen molar-refractivity contribution in [2.24, 2.45) is 0 Å². The first-order chi connectivity index (χ1) is 8.99. The molecule has 0 saturated heterocycles. The lowest BCUT2D eigenvalue weighted by molar-refractivity contribution is 0.137. The van der Waals surface area contributed by atoms with Crippen LogP contribution in [0.25, 0.3) is 0 Å². The van der Waals surface area contributed by atoms with Crippen molar-refractivity contribution in [3.8, 4) is 5.88 Å². The lowest BCUT2D eigenvalue weighted by atomic mass is 10.2. The molecule has 0 saturated carbocycles. The second-order valence-electron chi connectivity index (χ2n) is 4.89. The van der Waals surface area contributed by atoms with Gasteiger partial charge in [0.2, 0.25) is 5.88 Å². The van der Waals surface area contributed by atoms with Crippen molar-refractivity contribution in [2.75, 3.05) is 25.1 Å². The van der Waals surface area contributed by atoms with Gasteiger partial charge in [-0.25, -0.2) is 4.79 Å². The largest absolute Gasteiger partial charge is 0.475 e. The van der Waals surface area contributed by atoms with E-state index >= 15 is 0 Å². The van der Waals surface area contributed by atoms with E-state index in [9.17, 15) is 4.79 Å². The molecule has 6 nitrogen and oxygen atoms in total. The summed E-state index contributed by atoms with van der Waals surface area (Å²) < 4.78 is 5.56. The van der Waals surface area contributed by atoms with E-state index in [-0.39, 0.29) is 0 Å². The molecule has 1 N–H and O–H groups in total. The third-order valence-electron chi connectivity index (χ3n) is 3.29. The fourth-order valence-corrected chi connectivity index (χ4v) is 1.87. The molecule has 1 aromatic heterocycles. The number of hydrogen-bond donors (Lipinski definition) is 1. The minimum absolute atomic E-state index is 0.323. The standard InChI is InChI=1S/C13H19N3O3/c1-9(2)15(3)11-5-4-10-8-16(13(17)18)6-7-19-12(10)14-11/h4-5,9H,6-8H2,1-3H3,(H,17,18). The predicted molar refractivity (Wildman–Crippen MR) is 71.7 cm³/mol. The lowest BCUT2D eigenvalue weighted by Crippen LogP contribution is -2.30. The second kappa shape index (κ2) is 5.34. The Kier molecular flexibility index (Phi) is 3.78. The molecule has 0 radical (unpaired) electrons. The molecule has 1 aliphatic heterocycles. The van der Waals surface area contributed by atoms with Crippen LogP contribution in [0.5, 0.6) is 5.88 Å². The predicted octanol–water partition coefficient (Wildman–Crippen LogP) is 1.80. The molecule has 1 aliphatic rings. The molecule has 0 aromatic carbocycles. The molecule has 6 heteroatoms. The molecule has 1 aromatic rings. The summed E-state index contributed by atoms with van der Waals surface area (Å²) in [6, 6.07) is 4.12. The van der Waals surface area contributed by atoms with Gasteiger partial charge in [0.05, 0.1) is 13.1 Å². The maximum absolute atomic E-state index is 11.0. The van der Waals surface area contributed by atoms with Gasteiger partial charge in [-0.05, 0) is 26.0 Å². The molecule has 0 aliphatic carbocycles. The molecule has 0 atom stereocenters. The Labute approximate surface area is 112 Å². The Morgan fingerprint density at radius 3 is 2.89 bits per heavy atom. The summed E-state index contributed by atoms with van der Waals surface area (Å²) in [7, 11) is 1.97. The molecule has 19 heavy (non-hydrogen) atoms.